The molecule has 0 unspecified atom stereocenters. The summed E-state index contributed by atoms with van der Waals surface area (Å²) in [4.78, 5) is 44.7. The Kier molecular flexibility index (Phi) is 8.40. The maximum Gasteiger partial charge on any atom is 0.420 e. The highest BCUT2D eigenvalue weighted by molar-refractivity contribution is 6.02. The molecule has 0 bridgehead atoms. The summed E-state index contributed by atoms with van der Waals surface area (Å²) in [5.41, 5.74) is 2.27. The minimum atomic E-state index is -0.821. The van der Waals surface area contributed by atoms with Crippen molar-refractivity contribution < 1.29 is 33.3 Å². The lowest BCUT2D eigenvalue weighted by molar-refractivity contribution is 0.0584. The molecule has 0 N–H and O–H groups in total. The van der Waals surface area contributed by atoms with Gasteiger partial charge in [-0.1, -0.05) is 18.2 Å². The highest BCUT2D eigenvalue weighted by Crippen LogP contribution is 2.37. The largest absolute Gasteiger partial charge is 0.496 e. The SMILES string of the molecule is COC(=O)c1cc(-c2ccccc2C(=O)OC)cc(N(C(=O)OC(C)(C)C)c2ncc(C)c(OC)c2C)c1. The Labute approximate surface area is 222 Å². The molecule has 0 atom stereocenters. The number of esters is 2. The molecular formula is C29H32N2O7. The van der Waals surface area contributed by atoms with Crippen molar-refractivity contribution in [2.45, 2.75) is 40.2 Å². The molecule has 0 saturated heterocycles. The average molecular weight is 521 g/mol. The number of ether oxygens (including phenoxy) is 4. The summed E-state index contributed by atoms with van der Waals surface area (Å²) in [5, 5.41) is 0. The molecule has 2 aromatic carbocycles. The molecule has 0 aliphatic heterocycles. The van der Waals surface area contributed by atoms with Crippen LogP contribution in [0.1, 0.15) is 52.6 Å². The summed E-state index contributed by atoms with van der Waals surface area (Å²) < 4.78 is 21.2. The average Bonchev–Trinajstić information content (AvgIpc) is 2.88. The molecule has 200 valence electrons. The van der Waals surface area contributed by atoms with Crippen molar-refractivity contribution in [3.8, 4) is 16.9 Å². The Balaban J connectivity index is 2.36. The number of hydrogen-bond donors (Lipinski definition) is 0. The smallest absolute Gasteiger partial charge is 0.420 e. The van der Waals surface area contributed by atoms with Crippen molar-refractivity contribution in [3.05, 3.63) is 70.9 Å². The minimum Gasteiger partial charge on any atom is -0.496 e. The fraction of sp³-hybridized carbons (Fsp3) is 0.310. The molecule has 0 saturated carbocycles. The molecular weight excluding hydrogens is 488 g/mol. The lowest BCUT2D eigenvalue weighted by atomic mass is 9.97. The Morgan fingerprint density at radius 1 is 0.895 bits per heavy atom. The number of anilines is 2. The van der Waals surface area contributed by atoms with Crippen LogP contribution in [0.5, 0.6) is 5.75 Å². The summed E-state index contributed by atoms with van der Waals surface area (Å²) in [5.74, 6) is -0.353. The zero-order valence-electron chi connectivity index (χ0n) is 22.9. The van der Waals surface area contributed by atoms with E-state index in [1.54, 1.807) is 70.3 Å². The molecule has 1 amide bonds. The summed E-state index contributed by atoms with van der Waals surface area (Å²) in [7, 11) is 4.09. The topological polar surface area (TPSA) is 104 Å². The maximum absolute atomic E-state index is 13.6. The molecule has 0 fully saturated rings. The zero-order valence-corrected chi connectivity index (χ0v) is 22.9. The Bertz CT molecular complexity index is 1380. The van der Waals surface area contributed by atoms with Gasteiger partial charge in [0, 0.05) is 17.3 Å². The zero-order chi connectivity index (χ0) is 28.2. The van der Waals surface area contributed by atoms with Gasteiger partial charge in [0.25, 0.3) is 0 Å². The van der Waals surface area contributed by atoms with Crippen LogP contribution in [0, 0.1) is 13.8 Å². The number of hydrogen-bond acceptors (Lipinski definition) is 8. The van der Waals surface area contributed by atoms with Gasteiger partial charge in [-0.05, 0) is 70.0 Å². The molecule has 0 radical (unpaired) electrons. The normalized spacial score (nSPS) is 10.9. The van der Waals surface area contributed by atoms with Gasteiger partial charge in [-0.25, -0.2) is 24.3 Å². The van der Waals surface area contributed by atoms with Crippen LogP contribution < -0.4 is 9.64 Å². The van der Waals surface area contributed by atoms with Gasteiger partial charge < -0.3 is 18.9 Å². The molecule has 1 aromatic heterocycles. The fourth-order valence-corrected chi connectivity index (χ4v) is 4.03. The highest BCUT2D eigenvalue weighted by atomic mass is 16.6. The number of rotatable bonds is 6. The predicted octanol–water partition coefficient (Wildman–Crippen LogP) is 6.02. The van der Waals surface area contributed by atoms with Gasteiger partial charge in [0.15, 0.2) is 0 Å². The molecule has 38 heavy (non-hydrogen) atoms. The van der Waals surface area contributed by atoms with E-state index < -0.39 is 23.6 Å². The summed E-state index contributed by atoms with van der Waals surface area (Å²) >= 11 is 0. The van der Waals surface area contributed by atoms with Crippen LogP contribution in [0.2, 0.25) is 0 Å². The Morgan fingerprint density at radius 3 is 2.16 bits per heavy atom. The molecule has 3 rings (SSSR count). The van der Waals surface area contributed by atoms with Crippen LogP contribution in [0.15, 0.2) is 48.7 Å². The van der Waals surface area contributed by atoms with E-state index in [0.29, 0.717) is 22.4 Å². The second-order valence-electron chi connectivity index (χ2n) is 9.54. The number of carbonyl (C=O) groups excluding carboxylic acids is 3. The van der Waals surface area contributed by atoms with E-state index in [9.17, 15) is 14.4 Å². The number of aryl methyl sites for hydroxylation is 1. The van der Waals surface area contributed by atoms with Crippen LogP contribution >= 0.6 is 0 Å². The van der Waals surface area contributed by atoms with E-state index in [2.05, 4.69) is 4.98 Å². The highest BCUT2D eigenvalue weighted by Gasteiger charge is 2.30. The lowest BCUT2D eigenvalue weighted by Gasteiger charge is -2.29. The van der Waals surface area contributed by atoms with E-state index in [0.717, 1.165) is 5.56 Å². The number of amides is 1. The molecule has 9 nitrogen and oxygen atoms in total. The van der Waals surface area contributed by atoms with Crippen LogP contribution in [-0.2, 0) is 14.2 Å². The van der Waals surface area contributed by atoms with Crippen LogP contribution in [0.3, 0.4) is 0 Å². The van der Waals surface area contributed by atoms with E-state index >= 15 is 0 Å². The van der Waals surface area contributed by atoms with Gasteiger partial charge in [0.2, 0.25) is 0 Å². The van der Waals surface area contributed by atoms with Gasteiger partial charge in [-0.2, -0.15) is 0 Å². The number of methoxy groups -OCH3 is 3. The van der Waals surface area contributed by atoms with Crippen LogP contribution in [0.4, 0.5) is 16.3 Å². The second kappa shape index (κ2) is 11.3. The van der Waals surface area contributed by atoms with E-state index in [4.69, 9.17) is 18.9 Å². The summed E-state index contributed by atoms with van der Waals surface area (Å²) in [6, 6.07) is 11.6. The quantitative estimate of drug-likeness (QED) is 0.287. The van der Waals surface area contributed by atoms with Crippen molar-refractivity contribution in [2.75, 3.05) is 26.2 Å². The fourth-order valence-electron chi connectivity index (χ4n) is 4.03. The number of nitrogens with zero attached hydrogens (tertiary/aromatic N) is 2. The van der Waals surface area contributed by atoms with Crippen molar-refractivity contribution in [2.24, 2.45) is 0 Å². The number of benzene rings is 2. The van der Waals surface area contributed by atoms with Gasteiger partial charge in [-0.15, -0.1) is 0 Å². The molecule has 0 aliphatic carbocycles. The molecule has 3 aromatic rings. The van der Waals surface area contributed by atoms with E-state index in [1.807, 2.05) is 6.92 Å². The first kappa shape index (κ1) is 28.2. The molecule has 9 heteroatoms. The second-order valence-corrected chi connectivity index (χ2v) is 9.54. The molecule has 1 heterocycles. The minimum absolute atomic E-state index is 0.157. The third kappa shape index (κ3) is 5.94. The summed E-state index contributed by atoms with van der Waals surface area (Å²) in [6.07, 6.45) is 0.879. The van der Waals surface area contributed by atoms with E-state index in [1.165, 1.54) is 32.3 Å². The monoisotopic (exact) mass is 520 g/mol. The van der Waals surface area contributed by atoms with Crippen molar-refractivity contribution in [1.82, 2.24) is 4.98 Å². The molecule has 0 spiro atoms. The molecule has 0 aliphatic rings. The first-order valence-electron chi connectivity index (χ1n) is 11.9. The predicted molar refractivity (Wildman–Crippen MR) is 143 cm³/mol. The third-order valence-electron chi connectivity index (χ3n) is 5.65. The number of carbonyl (C=O) groups is 3. The standard InChI is InChI=1S/C29H32N2O7/c1-17-16-30-25(18(2)24(17)35-6)31(28(34)38-29(3,4)5)21-14-19(13-20(15-21)26(32)36-7)22-11-9-10-12-23(22)27(33)37-8/h9-16H,1-8H3. The van der Waals surface area contributed by atoms with Gasteiger partial charge in [0.1, 0.15) is 17.2 Å². The Hall–Kier alpha value is -4.40. The number of aromatic nitrogens is 1. The van der Waals surface area contributed by atoms with Crippen LogP contribution in [-0.4, -0.2) is 49.9 Å². The Morgan fingerprint density at radius 2 is 1.55 bits per heavy atom. The van der Waals surface area contributed by atoms with Crippen molar-refractivity contribution in [1.29, 1.82) is 0 Å². The van der Waals surface area contributed by atoms with Gasteiger partial charge in [-0.3, -0.25) is 0 Å². The first-order valence-corrected chi connectivity index (χ1v) is 11.9. The summed E-state index contributed by atoms with van der Waals surface area (Å²) in [6.45, 7) is 8.88. The van der Waals surface area contributed by atoms with Gasteiger partial charge >= 0.3 is 18.0 Å². The third-order valence-corrected chi connectivity index (χ3v) is 5.65. The van der Waals surface area contributed by atoms with E-state index in [-0.39, 0.29) is 22.6 Å². The van der Waals surface area contributed by atoms with Crippen molar-refractivity contribution >= 4 is 29.5 Å². The first-order chi connectivity index (χ1) is 17.9. The van der Waals surface area contributed by atoms with Crippen molar-refractivity contribution in [3.63, 3.8) is 0 Å². The maximum atomic E-state index is 13.6. The van der Waals surface area contributed by atoms with Gasteiger partial charge in [0.05, 0.1) is 38.1 Å². The lowest BCUT2D eigenvalue weighted by Crippen LogP contribution is -2.35. The number of pyridine rings is 1. The van der Waals surface area contributed by atoms with Crippen LogP contribution in [0.25, 0.3) is 11.1 Å².